The second-order valence-corrected chi connectivity index (χ2v) is 3.63. The lowest BCUT2D eigenvalue weighted by molar-refractivity contribution is -0.138. The second kappa shape index (κ2) is 4.78. The number of carboxylic acids is 1. The van der Waals surface area contributed by atoms with Crippen molar-refractivity contribution in [3.8, 4) is 0 Å². The quantitative estimate of drug-likeness (QED) is 0.636. The maximum Gasteiger partial charge on any atom is 0.322 e. The van der Waals surface area contributed by atoms with Gasteiger partial charge < -0.3 is 10.4 Å². The van der Waals surface area contributed by atoms with Crippen molar-refractivity contribution in [3.05, 3.63) is 0 Å². The number of carbonyl (C=O) groups is 4. The maximum absolute atomic E-state index is 11.1. The van der Waals surface area contributed by atoms with Gasteiger partial charge in [-0.2, -0.15) is 0 Å². The van der Waals surface area contributed by atoms with Gasteiger partial charge in [-0.25, -0.2) is 0 Å². The van der Waals surface area contributed by atoms with Crippen LogP contribution in [0.1, 0.15) is 0 Å². The Morgan fingerprint density at radius 2 is 2.13 bits per heavy atom. The van der Waals surface area contributed by atoms with Crippen LogP contribution < -0.4 is 5.32 Å². The molecule has 15 heavy (non-hydrogen) atoms. The van der Waals surface area contributed by atoms with Crippen LogP contribution in [0.5, 0.6) is 0 Å². The average molecular weight is 232 g/mol. The summed E-state index contributed by atoms with van der Waals surface area (Å²) in [6.45, 7) is -0.944. The minimum atomic E-state index is -1.18. The molecule has 82 valence electrons. The third-order valence-corrected chi connectivity index (χ3v) is 2.44. The Morgan fingerprint density at radius 1 is 1.47 bits per heavy atom. The van der Waals surface area contributed by atoms with E-state index < -0.39 is 36.1 Å². The summed E-state index contributed by atoms with van der Waals surface area (Å²) in [6.07, 6.45) is 0. The zero-order chi connectivity index (χ0) is 11.4. The van der Waals surface area contributed by atoms with Crippen molar-refractivity contribution in [2.24, 2.45) is 0 Å². The zero-order valence-electron chi connectivity index (χ0n) is 7.56. The Kier molecular flexibility index (Phi) is 3.67. The first-order valence-electron chi connectivity index (χ1n) is 3.96. The molecule has 2 N–H and O–H groups in total. The molecular weight excluding hydrogens is 224 g/mol. The van der Waals surface area contributed by atoms with E-state index in [4.69, 9.17) is 5.11 Å². The summed E-state index contributed by atoms with van der Waals surface area (Å²) >= 11 is 0.821. The van der Waals surface area contributed by atoms with Gasteiger partial charge in [-0.3, -0.25) is 24.1 Å². The molecule has 1 rings (SSSR count). The molecule has 0 aliphatic carbocycles. The Balaban J connectivity index is 2.40. The number of carboxylic acid groups (broad SMARTS) is 1. The summed E-state index contributed by atoms with van der Waals surface area (Å²) in [7, 11) is 0. The number of hydrogen-bond donors (Lipinski definition) is 2. The SMILES string of the molecule is O=C(O)CNC(=O)CN1C(=O)CSC1=O. The van der Waals surface area contributed by atoms with E-state index in [-0.39, 0.29) is 5.75 Å². The van der Waals surface area contributed by atoms with E-state index in [1.807, 2.05) is 0 Å². The summed E-state index contributed by atoms with van der Waals surface area (Å²) in [6, 6.07) is 0. The lowest BCUT2D eigenvalue weighted by Crippen LogP contribution is -2.41. The zero-order valence-corrected chi connectivity index (χ0v) is 8.37. The Bertz CT molecular complexity index is 313. The molecule has 0 spiro atoms. The first-order chi connectivity index (χ1) is 7.00. The smallest absolute Gasteiger partial charge is 0.322 e. The van der Waals surface area contributed by atoms with E-state index in [2.05, 4.69) is 5.32 Å². The number of aliphatic carboxylic acids is 1. The van der Waals surface area contributed by atoms with Gasteiger partial charge in [-0.05, 0) is 0 Å². The van der Waals surface area contributed by atoms with Gasteiger partial charge in [0.1, 0.15) is 13.1 Å². The van der Waals surface area contributed by atoms with E-state index in [0.717, 1.165) is 16.7 Å². The fourth-order valence-electron chi connectivity index (χ4n) is 0.908. The minimum Gasteiger partial charge on any atom is -0.480 e. The molecule has 0 unspecified atom stereocenters. The van der Waals surface area contributed by atoms with E-state index in [1.54, 1.807) is 0 Å². The fraction of sp³-hybridized carbons (Fsp3) is 0.429. The number of amides is 3. The molecule has 0 atom stereocenters. The van der Waals surface area contributed by atoms with Crippen molar-refractivity contribution in [1.29, 1.82) is 0 Å². The van der Waals surface area contributed by atoms with Crippen molar-refractivity contribution < 1.29 is 24.3 Å². The summed E-state index contributed by atoms with van der Waals surface area (Å²) in [5.74, 6) is -2.25. The molecule has 1 heterocycles. The summed E-state index contributed by atoms with van der Waals surface area (Å²) in [4.78, 5) is 44.0. The lowest BCUT2D eigenvalue weighted by Gasteiger charge is -2.11. The molecule has 0 bridgehead atoms. The highest BCUT2D eigenvalue weighted by Gasteiger charge is 2.31. The Labute approximate surface area is 88.8 Å². The normalized spacial score (nSPS) is 15.6. The predicted molar refractivity (Wildman–Crippen MR) is 50.2 cm³/mol. The molecule has 8 heteroatoms. The second-order valence-electron chi connectivity index (χ2n) is 2.70. The predicted octanol–water partition coefficient (Wildman–Crippen LogP) is -1.12. The molecule has 1 aliphatic rings. The maximum atomic E-state index is 11.1. The molecule has 0 aromatic carbocycles. The van der Waals surface area contributed by atoms with Crippen molar-refractivity contribution in [2.45, 2.75) is 0 Å². The molecule has 0 radical (unpaired) electrons. The van der Waals surface area contributed by atoms with Gasteiger partial charge in [0, 0.05) is 0 Å². The molecule has 0 saturated carbocycles. The van der Waals surface area contributed by atoms with Crippen LogP contribution in [-0.2, 0) is 14.4 Å². The largest absolute Gasteiger partial charge is 0.480 e. The number of carbonyl (C=O) groups excluding carboxylic acids is 3. The molecule has 1 fully saturated rings. The van der Waals surface area contributed by atoms with Crippen molar-refractivity contribution in [1.82, 2.24) is 10.2 Å². The number of nitrogens with one attached hydrogen (secondary N) is 1. The van der Waals surface area contributed by atoms with E-state index in [9.17, 15) is 19.2 Å². The van der Waals surface area contributed by atoms with Crippen LogP contribution in [-0.4, -0.2) is 51.9 Å². The minimum absolute atomic E-state index is 0.0328. The molecule has 7 nitrogen and oxygen atoms in total. The van der Waals surface area contributed by atoms with Crippen LogP contribution in [0.15, 0.2) is 0 Å². The van der Waals surface area contributed by atoms with Gasteiger partial charge in [0.15, 0.2) is 0 Å². The number of nitrogens with zero attached hydrogens (tertiary/aromatic N) is 1. The highest BCUT2D eigenvalue weighted by Crippen LogP contribution is 2.17. The van der Waals surface area contributed by atoms with Gasteiger partial charge in [0.25, 0.3) is 5.24 Å². The first kappa shape index (κ1) is 11.5. The standard InChI is InChI=1S/C7H8N2O5S/c10-4(8-1-6(12)13)2-9-5(11)3-15-7(9)14/h1-3H2,(H,8,10)(H,12,13). The van der Waals surface area contributed by atoms with Crippen LogP contribution in [0, 0.1) is 0 Å². The highest BCUT2D eigenvalue weighted by atomic mass is 32.2. The van der Waals surface area contributed by atoms with E-state index in [0.29, 0.717) is 0 Å². The number of imide groups is 1. The van der Waals surface area contributed by atoms with E-state index in [1.165, 1.54) is 0 Å². The average Bonchev–Trinajstić information content (AvgIpc) is 2.46. The monoisotopic (exact) mass is 232 g/mol. The van der Waals surface area contributed by atoms with Crippen LogP contribution in [0.2, 0.25) is 0 Å². The third kappa shape index (κ3) is 3.24. The first-order valence-corrected chi connectivity index (χ1v) is 4.95. The van der Waals surface area contributed by atoms with Crippen LogP contribution in [0.25, 0.3) is 0 Å². The van der Waals surface area contributed by atoms with Crippen LogP contribution >= 0.6 is 11.8 Å². The summed E-state index contributed by atoms with van der Waals surface area (Å²) < 4.78 is 0. The number of rotatable bonds is 4. The highest BCUT2D eigenvalue weighted by molar-refractivity contribution is 8.14. The van der Waals surface area contributed by atoms with Crippen molar-refractivity contribution in [3.63, 3.8) is 0 Å². The van der Waals surface area contributed by atoms with Crippen LogP contribution in [0.3, 0.4) is 0 Å². The molecule has 1 aliphatic heterocycles. The summed E-state index contributed by atoms with van der Waals surface area (Å²) in [5.41, 5.74) is 0. The number of hydrogen-bond acceptors (Lipinski definition) is 5. The molecule has 3 amide bonds. The Hall–Kier alpha value is -1.57. The third-order valence-electron chi connectivity index (χ3n) is 1.58. The molecule has 0 aromatic rings. The van der Waals surface area contributed by atoms with E-state index >= 15 is 0 Å². The van der Waals surface area contributed by atoms with Gasteiger partial charge >= 0.3 is 5.97 Å². The molecule has 0 aromatic heterocycles. The molecular formula is C7H8N2O5S. The summed E-state index contributed by atoms with van der Waals surface area (Å²) in [5, 5.41) is 9.84. The van der Waals surface area contributed by atoms with Crippen molar-refractivity contribution in [2.75, 3.05) is 18.8 Å². The van der Waals surface area contributed by atoms with Gasteiger partial charge in [0.2, 0.25) is 11.8 Å². The number of thioether (sulfide) groups is 1. The van der Waals surface area contributed by atoms with Gasteiger partial charge in [-0.1, -0.05) is 11.8 Å². The van der Waals surface area contributed by atoms with Crippen LogP contribution in [0.4, 0.5) is 4.79 Å². The van der Waals surface area contributed by atoms with Gasteiger partial charge in [0.05, 0.1) is 5.75 Å². The topological polar surface area (TPSA) is 104 Å². The lowest BCUT2D eigenvalue weighted by atomic mass is 10.4. The Morgan fingerprint density at radius 3 is 2.60 bits per heavy atom. The van der Waals surface area contributed by atoms with Gasteiger partial charge in [-0.15, -0.1) is 0 Å². The fourth-order valence-corrected chi connectivity index (χ4v) is 1.63. The molecule has 1 saturated heterocycles. The van der Waals surface area contributed by atoms with Crippen molar-refractivity contribution >= 4 is 34.8 Å².